The van der Waals surface area contributed by atoms with Gasteiger partial charge < -0.3 is 34.3 Å². The molecule has 0 aliphatic rings. The van der Waals surface area contributed by atoms with E-state index in [9.17, 15) is 25.2 Å². The summed E-state index contributed by atoms with van der Waals surface area (Å²) >= 11 is 0. The molecule has 0 spiro atoms. The molecule has 228 valence electrons. The number of carbonyl (C=O) groups excluding carboxylic acids is 1. The molecule has 4 N–H and O–H groups in total. The van der Waals surface area contributed by atoms with E-state index in [-0.39, 0.29) is 63.0 Å². The molecule has 3 aromatic rings. The number of nitrogens with zero attached hydrogens (tertiary/aromatic N) is 1. The Kier molecular flexibility index (Phi) is 10.2. The maximum absolute atomic E-state index is 12.3. The first kappa shape index (κ1) is 32.4. The summed E-state index contributed by atoms with van der Waals surface area (Å²) in [6.45, 7) is 14.9. The zero-order chi connectivity index (χ0) is 31.5. The first-order valence-corrected chi connectivity index (χ1v) is 14.2. The summed E-state index contributed by atoms with van der Waals surface area (Å²) in [5.41, 5.74) is 3.85. The van der Waals surface area contributed by atoms with E-state index in [4.69, 9.17) is 13.9 Å². The van der Waals surface area contributed by atoms with Crippen LogP contribution in [0.4, 0.5) is 0 Å². The van der Waals surface area contributed by atoms with Crippen LogP contribution in [-0.2, 0) is 4.74 Å². The van der Waals surface area contributed by atoms with Gasteiger partial charge in [0.05, 0.1) is 7.11 Å². The first-order chi connectivity index (χ1) is 19.7. The van der Waals surface area contributed by atoms with E-state index in [0.29, 0.717) is 30.4 Å². The van der Waals surface area contributed by atoms with Crippen LogP contribution in [0.3, 0.4) is 0 Å². The van der Waals surface area contributed by atoms with Crippen molar-refractivity contribution in [3.63, 3.8) is 0 Å². The van der Waals surface area contributed by atoms with Crippen LogP contribution in [0.5, 0.6) is 34.5 Å². The van der Waals surface area contributed by atoms with Gasteiger partial charge in [-0.25, -0.2) is 9.78 Å². The van der Waals surface area contributed by atoms with E-state index < -0.39 is 17.5 Å². The van der Waals surface area contributed by atoms with Crippen molar-refractivity contribution in [1.29, 1.82) is 0 Å². The van der Waals surface area contributed by atoms with Gasteiger partial charge >= 0.3 is 11.9 Å². The standard InChI is InChI=1S/C33H43NO8/c1-16(2)12-10-14-18(5)22-27(37)25(35)21(8)29(28(22)38)41-31-23(19(6)15-11-13-17(3)4)30-24(20(7)26(31)36)34-32(42-30)33(39)40-9/h12-13,18-19,35-38H,10-11,14-15H2,1-9H3. The van der Waals surface area contributed by atoms with Crippen LogP contribution in [0, 0.1) is 13.8 Å². The van der Waals surface area contributed by atoms with Crippen LogP contribution < -0.4 is 4.74 Å². The summed E-state index contributed by atoms with van der Waals surface area (Å²) in [6.07, 6.45) is 6.85. The molecule has 0 amide bonds. The number of aryl methyl sites for hydroxylation is 1. The number of esters is 1. The van der Waals surface area contributed by atoms with Gasteiger partial charge in [-0.15, -0.1) is 0 Å². The second-order valence-corrected chi connectivity index (χ2v) is 11.4. The number of methoxy groups -OCH3 is 1. The highest BCUT2D eigenvalue weighted by Crippen LogP contribution is 2.54. The van der Waals surface area contributed by atoms with Gasteiger partial charge in [-0.05, 0) is 79.1 Å². The molecular weight excluding hydrogens is 538 g/mol. The smallest absolute Gasteiger partial charge is 0.394 e. The number of phenolic OH excluding ortho intramolecular Hbond substituents is 4. The highest BCUT2D eigenvalue weighted by atomic mass is 16.5. The fourth-order valence-electron chi connectivity index (χ4n) is 5.05. The number of aromatic nitrogens is 1. The van der Waals surface area contributed by atoms with Crippen LogP contribution in [0.1, 0.15) is 112 Å². The number of phenols is 4. The fourth-order valence-corrected chi connectivity index (χ4v) is 5.05. The predicted molar refractivity (Wildman–Crippen MR) is 162 cm³/mol. The molecule has 0 saturated heterocycles. The topological polar surface area (TPSA) is 142 Å². The lowest BCUT2D eigenvalue weighted by atomic mass is 9.91. The number of allylic oxidation sites excluding steroid dienone is 4. The van der Waals surface area contributed by atoms with Gasteiger partial charge in [0.25, 0.3) is 0 Å². The Bertz CT molecular complexity index is 1540. The Morgan fingerprint density at radius 2 is 1.36 bits per heavy atom. The Labute approximate surface area is 247 Å². The van der Waals surface area contributed by atoms with Crippen LogP contribution in [0.25, 0.3) is 11.1 Å². The lowest BCUT2D eigenvalue weighted by Crippen LogP contribution is -2.03. The Balaban J connectivity index is 2.26. The molecule has 1 heterocycles. The van der Waals surface area contributed by atoms with Gasteiger partial charge in [-0.3, -0.25) is 0 Å². The molecule has 0 saturated carbocycles. The van der Waals surface area contributed by atoms with Gasteiger partial charge in [0.2, 0.25) is 0 Å². The first-order valence-electron chi connectivity index (χ1n) is 14.2. The minimum Gasteiger partial charge on any atom is -0.504 e. The molecule has 2 aromatic carbocycles. The molecule has 2 atom stereocenters. The minimum atomic E-state index is -0.764. The van der Waals surface area contributed by atoms with Crippen molar-refractivity contribution in [1.82, 2.24) is 4.98 Å². The fraction of sp³-hybridized carbons (Fsp3) is 0.455. The van der Waals surface area contributed by atoms with Gasteiger partial charge in [0.1, 0.15) is 5.52 Å². The Morgan fingerprint density at radius 1 is 0.810 bits per heavy atom. The van der Waals surface area contributed by atoms with Crippen molar-refractivity contribution in [3.8, 4) is 34.5 Å². The number of ether oxygens (including phenoxy) is 2. The zero-order valence-corrected chi connectivity index (χ0v) is 26.0. The van der Waals surface area contributed by atoms with Crippen LogP contribution in [-0.4, -0.2) is 38.5 Å². The lowest BCUT2D eigenvalue weighted by Gasteiger charge is -2.23. The SMILES string of the molecule is COC(=O)c1nc2c(C)c(O)c(Oc3c(C)c(O)c(O)c(C(C)CCC=C(C)C)c3O)c(C(C)CCC=C(C)C)c2o1. The molecule has 0 aliphatic heterocycles. The molecule has 2 unspecified atom stereocenters. The van der Waals surface area contributed by atoms with E-state index in [1.54, 1.807) is 6.92 Å². The van der Waals surface area contributed by atoms with Crippen molar-refractivity contribution >= 4 is 17.1 Å². The summed E-state index contributed by atoms with van der Waals surface area (Å²) < 4.78 is 17.0. The molecule has 9 heteroatoms. The van der Waals surface area contributed by atoms with E-state index in [0.717, 1.165) is 17.6 Å². The zero-order valence-electron chi connectivity index (χ0n) is 26.0. The number of aromatic hydroxyl groups is 4. The lowest BCUT2D eigenvalue weighted by molar-refractivity contribution is 0.0558. The second-order valence-electron chi connectivity index (χ2n) is 11.4. The number of hydrogen-bond acceptors (Lipinski definition) is 9. The summed E-state index contributed by atoms with van der Waals surface area (Å²) in [5.74, 6) is -3.12. The molecule has 42 heavy (non-hydrogen) atoms. The Hall–Kier alpha value is -4.14. The van der Waals surface area contributed by atoms with Gasteiger partial charge in [0.15, 0.2) is 40.1 Å². The van der Waals surface area contributed by atoms with Crippen LogP contribution in [0.2, 0.25) is 0 Å². The van der Waals surface area contributed by atoms with Gasteiger partial charge in [-0.2, -0.15) is 0 Å². The van der Waals surface area contributed by atoms with Crippen LogP contribution in [0.15, 0.2) is 27.7 Å². The molecule has 0 fully saturated rings. The van der Waals surface area contributed by atoms with Gasteiger partial charge in [0, 0.05) is 22.3 Å². The number of oxazole rings is 1. The van der Waals surface area contributed by atoms with Crippen molar-refractivity contribution in [3.05, 3.63) is 51.4 Å². The largest absolute Gasteiger partial charge is 0.504 e. The quantitative estimate of drug-likeness (QED) is 0.0758. The number of carbonyl (C=O) groups is 1. The maximum atomic E-state index is 12.3. The van der Waals surface area contributed by atoms with E-state index >= 15 is 0 Å². The highest BCUT2D eigenvalue weighted by molar-refractivity contribution is 5.92. The van der Waals surface area contributed by atoms with Crippen molar-refractivity contribution in [2.75, 3.05) is 7.11 Å². The normalized spacial score (nSPS) is 12.6. The third-order valence-corrected chi connectivity index (χ3v) is 7.54. The number of fused-ring (bicyclic) bond motifs is 1. The molecule has 9 nitrogen and oxygen atoms in total. The third-order valence-electron chi connectivity index (χ3n) is 7.54. The summed E-state index contributed by atoms with van der Waals surface area (Å²) in [4.78, 5) is 16.6. The Morgan fingerprint density at radius 3 is 1.88 bits per heavy atom. The third kappa shape index (κ3) is 6.50. The summed E-state index contributed by atoms with van der Waals surface area (Å²) in [6, 6.07) is 0. The minimum absolute atomic E-state index is 0.00361. The van der Waals surface area contributed by atoms with Crippen molar-refractivity contribution in [2.24, 2.45) is 0 Å². The second kappa shape index (κ2) is 13.2. The van der Waals surface area contributed by atoms with E-state index in [1.807, 2.05) is 41.5 Å². The average Bonchev–Trinajstić information content (AvgIpc) is 3.37. The average molecular weight is 582 g/mol. The number of benzene rings is 2. The maximum Gasteiger partial charge on any atom is 0.394 e. The van der Waals surface area contributed by atoms with E-state index in [2.05, 4.69) is 17.1 Å². The van der Waals surface area contributed by atoms with E-state index in [1.165, 1.54) is 14.0 Å². The van der Waals surface area contributed by atoms with Gasteiger partial charge in [-0.1, -0.05) is 37.1 Å². The van der Waals surface area contributed by atoms with Crippen molar-refractivity contribution < 1.29 is 39.1 Å². The summed E-state index contributed by atoms with van der Waals surface area (Å²) in [7, 11) is 1.22. The molecule has 0 radical (unpaired) electrons. The predicted octanol–water partition coefficient (Wildman–Crippen LogP) is 8.55. The van der Waals surface area contributed by atoms with Crippen LogP contribution >= 0.6 is 0 Å². The van der Waals surface area contributed by atoms with Crippen molar-refractivity contribution in [2.45, 2.75) is 92.9 Å². The molecule has 1 aromatic heterocycles. The molecule has 0 bridgehead atoms. The number of hydrogen-bond donors (Lipinski definition) is 4. The number of rotatable bonds is 11. The highest BCUT2D eigenvalue weighted by Gasteiger charge is 2.32. The summed E-state index contributed by atoms with van der Waals surface area (Å²) in [5, 5.41) is 44.5. The molecule has 0 aliphatic carbocycles. The molecule has 3 rings (SSSR count). The monoisotopic (exact) mass is 581 g/mol. The molecular formula is C33H43NO8.